The van der Waals surface area contributed by atoms with E-state index >= 15 is 0 Å². The molecular weight excluding hydrogens is 264 g/mol. The Kier molecular flexibility index (Phi) is 4.86. The highest BCUT2D eigenvalue weighted by atomic mass is 16.6. The Hall–Kier alpha value is -0.770. The predicted molar refractivity (Wildman–Crippen MR) is 85.3 cm³/mol. The molecule has 2 fully saturated rings. The van der Waals surface area contributed by atoms with Gasteiger partial charge in [-0.3, -0.25) is 0 Å². The number of rotatable bonds is 4. The topological polar surface area (TPSA) is 41.6 Å². The average Bonchev–Trinajstić information content (AvgIpc) is 3.13. The van der Waals surface area contributed by atoms with Crippen LogP contribution in [-0.2, 0) is 4.74 Å². The normalized spacial score (nSPS) is 26.3. The van der Waals surface area contributed by atoms with Gasteiger partial charge in [-0.15, -0.1) is 0 Å². The summed E-state index contributed by atoms with van der Waals surface area (Å²) < 4.78 is 5.50. The SMILES string of the molecule is CC(NCC1(C)CC1)C1CCCN(C(=O)OC(C)(C)C)C1. The minimum Gasteiger partial charge on any atom is -0.444 e. The van der Waals surface area contributed by atoms with Crippen LogP contribution in [0, 0.1) is 11.3 Å². The Labute approximate surface area is 129 Å². The third-order valence-corrected chi connectivity index (χ3v) is 4.77. The van der Waals surface area contributed by atoms with E-state index in [0.717, 1.165) is 26.1 Å². The quantitative estimate of drug-likeness (QED) is 0.864. The number of nitrogens with zero attached hydrogens (tertiary/aromatic N) is 1. The van der Waals surface area contributed by atoms with Gasteiger partial charge in [0.25, 0.3) is 0 Å². The average molecular weight is 296 g/mol. The first-order valence-corrected chi connectivity index (χ1v) is 8.40. The van der Waals surface area contributed by atoms with E-state index in [1.54, 1.807) is 0 Å². The van der Waals surface area contributed by atoms with Crippen LogP contribution in [-0.4, -0.2) is 42.3 Å². The summed E-state index contributed by atoms with van der Waals surface area (Å²) in [6.07, 6.45) is 4.81. The molecule has 4 heteroatoms. The first-order valence-electron chi connectivity index (χ1n) is 8.40. The molecule has 21 heavy (non-hydrogen) atoms. The Bertz CT molecular complexity index is 371. The molecule has 0 aromatic carbocycles. The molecule has 1 aliphatic carbocycles. The smallest absolute Gasteiger partial charge is 0.410 e. The number of ether oxygens (including phenoxy) is 1. The summed E-state index contributed by atoms with van der Waals surface area (Å²) >= 11 is 0. The maximum atomic E-state index is 12.2. The molecule has 1 saturated heterocycles. The lowest BCUT2D eigenvalue weighted by atomic mass is 9.91. The van der Waals surface area contributed by atoms with Gasteiger partial charge in [0, 0.05) is 25.7 Å². The number of carbonyl (C=O) groups excluding carboxylic acids is 1. The van der Waals surface area contributed by atoms with Crippen LogP contribution in [0.2, 0.25) is 0 Å². The number of nitrogens with one attached hydrogen (secondary N) is 1. The summed E-state index contributed by atoms with van der Waals surface area (Å²) in [6.45, 7) is 13.1. The molecule has 0 aromatic heterocycles. The van der Waals surface area contributed by atoms with E-state index in [9.17, 15) is 4.79 Å². The van der Waals surface area contributed by atoms with E-state index in [0.29, 0.717) is 17.4 Å². The maximum absolute atomic E-state index is 12.2. The highest BCUT2D eigenvalue weighted by Gasteiger charge is 2.38. The lowest BCUT2D eigenvalue weighted by Crippen LogP contribution is -2.48. The Morgan fingerprint density at radius 3 is 2.67 bits per heavy atom. The molecule has 1 saturated carbocycles. The zero-order valence-corrected chi connectivity index (χ0v) is 14.4. The number of amides is 1. The van der Waals surface area contributed by atoms with Crippen LogP contribution in [0.25, 0.3) is 0 Å². The maximum Gasteiger partial charge on any atom is 0.410 e. The highest BCUT2D eigenvalue weighted by molar-refractivity contribution is 5.68. The molecule has 0 bridgehead atoms. The van der Waals surface area contributed by atoms with Crippen LogP contribution in [0.4, 0.5) is 4.79 Å². The van der Waals surface area contributed by atoms with E-state index in [1.165, 1.54) is 19.3 Å². The summed E-state index contributed by atoms with van der Waals surface area (Å²) in [5.41, 5.74) is 0.127. The number of carbonyl (C=O) groups is 1. The van der Waals surface area contributed by atoms with Crippen LogP contribution in [0.5, 0.6) is 0 Å². The summed E-state index contributed by atoms with van der Waals surface area (Å²) in [7, 11) is 0. The summed E-state index contributed by atoms with van der Waals surface area (Å²) in [5.74, 6) is 0.536. The van der Waals surface area contributed by atoms with Gasteiger partial charge >= 0.3 is 6.09 Å². The second-order valence-electron chi connectivity index (χ2n) is 8.31. The fourth-order valence-corrected chi connectivity index (χ4v) is 2.87. The molecule has 2 aliphatic rings. The molecule has 2 rings (SSSR count). The van der Waals surface area contributed by atoms with Gasteiger partial charge in [0.1, 0.15) is 5.60 Å². The van der Waals surface area contributed by atoms with Gasteiger partial charge in [-0.1, -0.05) is 6.92 Å². The van der Waals surface area contributed by atoms with Crippen molar-refractivity contribution in [3.63, 3.8) is 0 Å². The van der Waals surface area contributed by atoms with Crippen molar-refractivity contribution in [2.24, 2.45) is 11.3 Å². The Balaban J connectivity index is 1.80. The van der Waals surface area contributed by atoms with Gasteiger partial charge in [0.05, 0.1) is 0 Å². The molecule has 1 N–H and O–H groups in total. The largest absolute Gasteiger partial charge is 0.444 e. The van der Waals surface area contributed by atoms with Gasteiger partial charge in [-0.05, 0) is 64.7 Å². The van der Waals surface area contributed by atoms with Crippen LogP contribution in [0.15, 0.2) is 0 Å². The lowest BCUT2D eigenvalue weighted by molar-refractivity contribution is 0.0147. The number of piperidine rings is 1. The van der Waals surface area contributed by atoms with E-state index in [4.69, 9.17) is 4.74 Å². The van der Waals surface area contributed by atoms with Crippen molar-refractivity contribution >= 4 is 6.09 Å². The molecule has 122 valence electrons. The van der Waals surface area contributed by atoms with E-state index in [-0.39, 0.29) is 6.09 Å². The molecule has 0 radical (unpaired) electrons. The van der Waals surface area contributed by atoms with Gasteiger partial charge in [-0.25, -0.2) is 4.79 Å². The molecule has 1 amide bonds. The fraction of sp³-hybridized carbons (Fsp3) is 0.941. The van der Waals surface area contributed by atoms with Gasteiger partial charge < -0.3 is 15.0 Å². The third-order valence-electron chi connectivity index (χ3n) is 4.77. The predicted octanol–water partition coefficient (Wildman–Crippen LogP) is 3.41. The van der Waals surface area contributed by atoms with Crippen molar-refractivity contribution in [3.8, 4) is 0 Å². The van der Waals surface area contributed by atoms with Crippen molar-refractivity contribution in [2.45, 2.75) is 71.9 Å². The Morgan fingerprint density at radius 2 is 2.10 bits per heavy atom. The van der Waals surface area contributed by atoms with Crippen LogP contribution in [0.1, 0.15) is 60.3 Å². The minimum atomic E-state index is -0.408. The van der Waals surface area contributed by atoms with Crippen molar-refractivity contribution in [2.75, 3.05) is 19.6 Å². The summed E-state index contributed by atoms with van der Waals surface area (Å²) in [6, 6.07) is 0.465. The first kappa shape index (κ1) is 16.6. The standard InChI is InChI=1S/C17H32N2O2/c1-13(18-12-17(5)8-9-17)14-7-6-10-19(11-14)15(20)21-16(2,3)4/h13-14,18H,6-12H2,1-5H3. The zero-order chi connectivity index (χ0) is 15.7. The van der Waals surface area contributed by atoms with Crippen molar-refractivity contribution in [1.82, 2.24) is 10.2 Å². The van der Waals surface area contributed by atoms with Gasteiger partial charge in [-0.2, -0.15) is 0 Å². The molecule has 1 heterocycles. The number of hydrogen-bond donors (Lipinski definition) is 1. The van der Waals surface area contributed by atoms with Crippen molar-refractivity contribution in [1.29, 1.82) is 0 Å². The molecule has 2 unspecified atom stereocenters. The van der Waals surface area contributed by atoms with E-state index < -0.39 is 5.60 Å². The van der Waals surface area contributed by atoms with Crippen molar-refractivity contribution < 1.29 is 9.53 Å². The molecule has 4 nitrogen and oxygen atoms in total. The molecule has 2 atom stereocenters. The van der Waals surface area contributed by atoms with Crippen LogP contribution in [0.3, 0.4) is 0 Å². The Morgan fingerprint density at radius 1 is 1.43 bits per heavy atom. The van der Waals surface area contributed by atoms with Crippen LogP contribution >= 0.6 is 0 Å². The molecule has 0 aromatic rings. The highest BCUT2D eigenvalue weighted by Crippen LogP contribution is 2.44. The summed E-state index contributed by atoms with van der Waals surface area (Å²) in [5, 5.41) is 3.68. The second kappa shape index (κ2) is 6.15. The monoisotopic (exact) mass is 296 g/mol. The van der Waals surface area contributed by atoms with Gasteiger partial charge in [0.15, 0.2) is 0 Å². The number of likely N-dealkylation sites (tertiary alicyclic amines) is 1. The molecule has 1 aliphatic heterocycles. The minimum absolute atomic E-state index is 0.159. The third kappa shape index (κ3) is 5.17. The van der Waals surface area contributed by atoms with Crippen molar-refractivity contribution in [3.05, 3.63) is 0 Å². The zero-order valence-electron chi connectivity index (χ0n) is 14.4. The first-order chi connectivity index (χ1) is 9.69. The summed E-state index contributed by atoms with van der Waals surface area (Å²) in [4.78, 5) is 14.1. The van der Waals surface area contributed by atoms with Gasteiger partial charge in [0.2, 0.25) is 0 Å². The molecule has 0 spiro atoms. The van der Waals surface area contributed by atoms with E-state index in [2.05, 4.69) is 19.2 Å². The van der Waals surface area contributed by atoms with Crippen LogP contribution < -0.4 is 5.32 Å². The molecular formula is C17H32N2O2. The fourth-order valence-electron chi connectivity index (χ4n) is 2.87. The second-order valence-corrected chi connectivity index (χ2v) is 8.31. The number of hydrogen-bond acceptors (Lipinski definition) is 3. The van der Waals surface area contributed by atoms with E-state index in [1.807, 2.05) is 25.7 Å². The lowest BCUT2D eigenvalue weighted by Gasteiger charge is -2.37.